The van der Waals surface area contributed by atoms with Gasteiger partial charge >= 0.3 is 5.97 Å². The molecule has 0 bridgehead atoms. The second-order valence-electron chi connectivity index (χ2n) is 4.06. The molecule has 0 aromatic heterocycles. The molecule has 2 atom stereocenters. The number of benzene rings is 1. The highest BCUT2D eigenvalue weighted by Gasteiger charge is 2.23. The van der Waals surface area contributed by atoms with E-state index in [0.29, 0.717) is 6.61 Å². The molecular formula is C14H20O3. The van der Waals surface area contributed by atoms with E-state index in [1.54, 1.807) is 0 Å². The van der Waals surface area contributed by atoms with Gasteiger partial charge in [0, 0.05) is 0 Å². The first-order valence-corrected chi connectivity index (χ1v) is 5.92. The predicted octanol–water partition coefficient (Wildman–Crippen LogP) is 2.79. The first-order valence-electron chi connectivity index (χ1n) is 5.92. The Labute approximate surface area is 103 Å². The van der Waals surface area contributed by atoms with Gasteiger partial charge in [0.25, 0.3) is 0 Å². The van der Waals surface area contributed by atoms with Crippen molar-refractivity contribution in [3.05, 3.63) is 35.9 Å². The number of ether oxygens (including phenoxy) is 2. The fourth-order valence-corrected chi connectivity index (χ4v) is 1.73. The SMILES string of the molecule is CC[C@@H](OCc1ccccc1)[C@H](C)C(=O)OC. The number of rotatable bonds is 6. The maximum Gasteiger partial charge on any atom is 0.311 e. The summed E-state index contributed by atoms with van der Waals surface area (Å²) in [5, 5.41) is 0. The van der Waals surface area contributed by atoms with Crippen LogP contribution in [-0.2, 0) is 20.9 Å². The van der Waals surface area contributed by atoms with Gasteiger partial charge in [0.1, 0.15) is 0 Å². The summed E-state index contributed by atoms with van der Waals surface area (Å²) in [7, 11) is 1.41. The maximum absolute atomic E-state index is 11.4. The van der Waals surface area contributed by atoms with E-state index >= 15 is 0 Å². The average molecular weight is 236 g/mol. The predicted molar refractivity (Wildman–Crippen MR) is 66.5 cm³/mol. The van der Waals surface area contributed by atoms with E-state index in [0.717, 1.165) is 12.0 Å². The van der Waals surface area contributed by atoms with Gasteiger partial charge < -0.3 is 9.47 Å². The lowest BCUT2D eigenvalue weighted by Crippen LogP contribution is -2.28. The van der Waals surface area contributed by atoms with E-state index in [9.17, 15) is 4.79 Å². The molecule has 0 aliphatic heterocycles. The number of hydrogen-bond acceptors (Lipinski definition) is 3. The van der Waals surface area contributed by atoms with Gasteiger partial charge in [-0.1, -0.05) is 37.3 Å². The van der Waals surface area contributed by atoms with Crippen molar-refractivity contribution in [1.29, 1.82) is 0 Å². The summed E-state index contributed by atoms with van der Waals surface area (Å²) < 4.78 is 10.5. The minimum Gasteiger partial charge on any atom is -0.469 e. The smallest absolute Gasteiger partial charge is 0.311 e. The van der Waals surface area contributed by atoms with E-state index < -0.39 is 0 Å². The molecule has 0 saturated carbocycles. The lowest BCUT2D eigenvalue weighted by Gasteiger charge is -2.21. The first kappa shape index (κ1) is 13.7. The largest absolute Gasteiger partial charge is 0.469 e. The Hall–Kier alpha value is -1.35. The normalized spacial score (nSPS) is 14.1. The van der Waals surface area contributed by atoms with Crippen LogP contribution in [0.1, 0.15) is 25.8 Å². The molecule has 0 heterocycles. The Morgan fingerprint density at radius 1 is 1.29 bits per heavy atom. The van der Waals surface area contributed by atoms with Crippen LogP contribution < -0.4 is 0 Å². The van der Waals surface area contributed by atoms with E-state index in [1.165, 1.54) is 7.11 Å². The van der Waals surface area contributed by atoms with Crippen LogP contribution in [0, 0.1) is 5.92 Å². The van der Waals surface area contributed by atoms with E-state index in [2.05, 4.69) is 0 Å². The molecule has 94 valence electrons. The Balaban J connectivity index is 2.50. The molecule has 0 aliphatic rings. The van der Waals surface area contributed by atoms with E-state index in [1.807, 2.05) is 44.2 Å². The second kappa shape index (κ2) is 7.07. The molecule has 1 aromatic rings. The minimum atomic E-state index is -0.228. The van der Waals surface area contributed by atoms with Gasteiger partial charge in [-0.2, -0.15) is 0 Å². The van der Waals surface area contributed by atoms with E-state index in [-0.39, 0.29) is 18.0 Å². The minimum absolute atomic E-state index is 0.0948. The topological polar surface area (TPSA) is 35.5 Å². The van der Waals surface area contributed by atoms with Gasteiger partial charge in [0.2, 0.25) is 0 Å². The zero-order valence-corrected chi connectivity index (χ0v) is 10.7. The Kier molecular flexibility index (Phi) is 5.70. The third-order valence-electron chi connectivity index (χ3n) is 2.84. The molecule has 0 saturated heterocycles. The molecule has 3 heteroatoms. The molecule has 0 fully saturated rings. The molecule has 0 amide bonds. The fourth-order valence-electron chi connectivity index (χ4n) is 1.73. The summed E-state index contributed by atoms with van der Waals surface area (Å²) in [6, 6.07) is 9.94. The van der Waals surface area contributed by atoms with Crippen LogP contribution in [0.25, 0.3) is 0 Å². The molecule has 0 N–H and O–H groups in total. The summed E-state index contributed by atoms with van der Waals surface area (Å²) in [6.07, 6.45) is 0.700. The highest BCUT2D eigenvalue weighted by Crippen LogP contribution is 2.15. The van der Waals surface area contributed by atoms with Gasteiger partial charge in [-0.05, 0) is 18.9 Å². The van der Waals surface area contributed by atoms with Crippen molar-refractivity contribution in [3.63, 3.8) is 0 Å². The molecule has 3 nitrogen and oxygen atoms in total. The Bertz CT molecular complexity index is 335. The molecule has 0 spiro atoms. The lowest BCUT2D eigenvalue weighted by atomic mass is 10.0. The fraction of sp³-hybridized carbons (Fsp3) is 0.500. The van der Waals surface area contributed by atoms with Crippen molar-refractivity contribution >= 4 is 5.97 Å². The molecule has 0 radical (unpaired) electrons. The number of carbonyl (C=O) groups is 1. The van der Waals surface area contributed by atoms with Gasteiger partial charge in [-0.3, -0.25) is 4.79 Å². The van der Waals surface area contributed by atoms with Gasteiger partial charge in [-0.15, -0.1) is 0 Å². The zero-order valence-electron chi connectivity index (χ0n) is 10.7. The van der Waals surface area contributed by atoms with Crippen LogP contribution in [0.15, 0.2) is 30.3 Å². The first-order chi connectivity index (χ1) is 8.19. The maximum atomic E-state index is 11.4. The molecule has 0 unspecified atom stereocenters. The number of methoxy groups -OCH3 is 1. The Morgan fingerprint density at radius 2 is 1.94 bits per heavy atom. The molecule has 1 aromatic carbocycles. The number of esters is 1. The van der Waals surface area contributed by atoms with Crippen molar-refractivity contribution in [1.82, 2.24) is 0 Å². The van der Waals surface area contributed by atoms with Crippen LogP contribution in [0.2, 0.25) is 0 Å². The van der Waals surface area contributed by atoms with Crippen LogP contribution >= 0.6 is 0 Å². The standard InChI is InChI=1S/C14H20O3/c1-4-13(11(2)14(15)16-3)17-10-12-8-6-5-7-9-12/h5-9,11,13H,4,10H2,1-3H3/t11-,13+/m0/s1. The summed E-state index contributed by atoms with van der Waals surface area (Å²) >= 11 is 0. The number of carbonyl (C=O) groups excluding carboxylic acids is 1. The second-order valence-corrected chi connectivity index (χ2v) is 4.06. The van der Waals surface area contributed by atoms with Crippen molar-refractivity contribution < 1.29 is 14.3 Å². The van der Waals surface area contributed by atoms with Crippen molar-refractivity contribution in [3.8, 4) is 0 Å². The zero-order chi connectivity index (χ0) is 12.7. The molecule has 0 aliphatic carbocycles. The molecule has 17 heavy (non-hydrogen) atoms. The average Bonchev–Trinajstić information content (AvgIpc) is 2.39. The quantitative estimate of drug-likeness (QED) is 0.712. The van der Waals surface area contributed by atoms with Crippen LogP contribution in [0.3, 0.4) is 0 Å². The third-order valence-corrected chi connectivity index (χ3v) is 2.84. The van der Waals surface area contributed by atoms with Crippen LogP contribution in [-0.4, -0.2) is 19.2 Å². The molecular weight excluding hydrogens is 216 g/mol. The van der Waals surface area contributed by atoms with Crippen molar-refractivity contribution in [2.45, 2.75) is 33.0 Å². The van der Waals surface area contributed by atoms with Gasteiger partial charge in [0.05, 0.1) is 25.7 Å². The highest BCUT2D eigenvalue weighted by molar-refractivity contribution is 5.72. The van der Waals surface area contributed by atoms with Crippen molar-refractivity contribution in [2.24, 2.45) is 5.92 Å². The third kappa shape index (κ3) is 4.19. The van der Waals surface area contributed by atoms with Gasteiger partial charge in [0.15, 0.2) is 0 Å². The van der Waals surface area contributed by atoms with Gasteiger partial charge in [-0.25, -0.2) is 0 Å². The summed E-state index contributed by atoms with van der Waals surface area (Å²) in [4.78, 5) is 11.4. The summed E-state index contributed by atoms with van der Waals surface area (Å²) in [5.41, 5.74) is 1.11. The van der Waals surface area contributed by atoms with E-state index in [4.69, 9.17) is 9.47 Å². The molecule has 1 rings (SSSR count). The highest BCUT2D eigenvalue weighted by atomic mass is 16.5. The van der Waals surface area contributed by atoms with Crippen molar-refractivity contribution in [2.75, 3.05) is 7.11 Å². The number of hydrogen-bond donors (Lipinski definition) is 0. The van der Waals surface area contributed by atoms with Crippen LogP contribution in [0.5, 0.6) is 0 Å². The lowest BCUT2D eigenvalue weighted by molar-refractivity contribution is -0.150. The summed E-state index contributed by atoms with van der Waals surface area (Å²) in [6.45, 7) is 4.38. The monoisotopic (exact) mass is 236 g/mol. The van der Waals surface area contributed by atoms with Crippen LogP contribution in [0.4, 0.5) is 0 Å². The Morgan fingerprint density at radius 3 is 2.47 bits per heavy atom. The summed E-state index contributed by atoms with van der Waals surface area (Å²) in [5.74, 6) is -0.446.